The van der Waals surface area contributed by atoms with Crippen LogP contribution in [0.2, 0.25) is 0 Å². The summed E-state index contributed by atoms with van der Waals surface area (Å²) in [5.74, 6) is 0.438. The van der Waals surface area contributed by atoms with Gasteiger partial charge in [-0.2, -0.15) is 0 Å². The standard InChI is InChI=1S/C16H16FNO3/c1-11(21-14-8-6-12(17)7-9-14)16(19)18-13-4-3-5-15(10-13)20-2/h3-11H,1-2H3,(H,18,19)/t11-/m1/s1. The first-order valence-corrected chi connectivity index (χ1v) is 6.45. The average molecular weight is 289 g/mol. The third-order valence-electron chi connectivity index (χ3n) is 2.83. The van der Waals surface area contributed by atoms with Crippen molar-refractivity contribution in [2.45, 2.75) is 13.0 Å². The van der Waals surface area contributed by atoms with Gasteiger partial charge in [-0.15, -0.1) is 0 Å². The zero-order valence-electron chi connectivity index (χ0n) is 11.8. The van der Waals surface area contributed by atoms with Gasteiger partial charge in [-0.3, -0.25) is 4.79 Å². The van der Waals surface area contributed by atoms with Gasteiger partial charge >= 0.3 is 0 Å². The van der Waals surface area contributed by atoms with Crippen LogP contribution in [0.1, 0.15) is 6.92 Å². The van der Waals surface area contributed by atoms with E-state index in [1.807, 2.05) is 0 Å². The third-order valence-corrected chi connectivity index (χ3v) is 2.83. The predicted molar refractivity (Wildman–Crippen MR) is 78.1 cm³/mol. The van der Waals surface area contributed by atoms with E-state index in [1.54, 1.807) is 38.3 Å². The quantitative estimate of drug-likeness (QED) is 0.919. The minimum atomic E-state index is -0.707. The molecule has 0 aliphatic rings. The Hall–Kier alpha value is -2.56. The fraction of sp³-hybridized carbons (Fsp3) is 0.188. The molecule has 5 heteroatoms. The van der Waals surface area contributed by atoms with Gasteiger partial charge in [0.05, 0.1) is 7.11 Å². The van der Waals surface area contributed by atoms with Crippen LogP contribution < -0.4 is 14.8 Å². The third kappa shape index (κ3) is 4.21. The highest BCUT2D eigenvalue weighted by atomic mass is 19.1. The van der Waals surface area contributed by atoms with Crippen molar-refractivity contribution in [3.63, 3.8) is 0 Å². The van der Waals surface area contributed by atoms with Gasteiger partial charge in [-0.05, 0) is 43.3 Å². The molecular formula is C16H16FNO3. The van der Waals surface area contributed by atoms with Crippen molar-refractivity contribution in [2.75, 3.05) is 12.4 Å². The molecule has 4 nitrogen and oxygen atoms in total. The second-order valence-electron chi connectivity index (χ2n) is 4.44. The van der Waals surface area contributed by atoms with Crippen molar-refractivity contribution >= 4 is 11.6 Å². The smallest absolute Gasteiger partial charge is 0.265 e. The predicted octanol–water partition coefficient (Wildman–Crippen LogP) is 3.24. The number of carbonyl (C=O) groups is 1. The average Bonchev–Trinajstić information content (AvgIpc) is 2.49. The lowest BCUT2D eigenvalue weighted by Crippen LogP contribution is -2.30. The lowest BCUT2D eigenvalue weighted by Gasteiger charge is -2.15. The number of halogens is 1. The fourth-order valence-corrected chi connectivity index (χ4v) is 1.72. The molecule has 0 unspecified atom stereocenters. The molecule has 110 valence electrons. The van der Waals surface area contributed by atoms with E-state index in [-0.39, 0.29) is 11.7 Å². The molecule has 2 aromatic rings. The molecule has 21 heavy (non-hydrogen) atoms. The molecule has 0 aromatic heterocycles. The monoisotopic (exact) mass is 289 g/mol. The summed E-state index contributed by atoms with van der Waals surface area (Å²) < 4.78 is 23.3. The van der Waals surface area contributed by atoms with Crippen molar-refractivity contribution in [1.29, 1.82) is 0 Å². The summed E-state index contributed by atoms with van der Waals surface area (Å²) in [6.45, 7) is 1.62. The summed E-state index contributed by atoms with van der Waals surface area (Å²) in [5.41, 5.74) is 0.619. The Balaban J connectivity index is 1.97. The van der Waals surface area contributed by atoms with Crippen LogP contribution in [0.25, 0.3) is 0 Å². The number of nitrogens with one attached hydrogen (secondary N) is 1. The Labute approximate surface area is 122 Å². The van der Waals surface area contributed by atoms with E-state index in [9.17, 15) is 9.18 Å². The summed E-state index contributed by atoms with van der Waals surface area (Å²) >= 11 is 0. The van der Waals surface area contributed by atoms with Crippen LogP contribution in [-0.2, 0) is 4.79 Å². The summed E-state index contributed by atoms with van der Waals surface area (Å²) in [6, 6.07) is 12.5. The van der Waals surface area contributed by atoms with Gasteiger partial charge in [-0.25, -0.2) is 4.39 Å². The Bertz CT molecular complexity index is 613. The van der Waals surface area contributed by atoms with Gasteiger partial charge < -0.3 is 14.8 Å². The number of rotatable bonds is 5. The molecule has 1 N–H and O–H groups in total. The van der Waals surface area contributed by atoms with Crippen LogP contribution in [-0.4, -0.2) is 19.1 Å². The van der Waals surface area contributed by atoms with Gasteiger partial charge in [0.1, 0.15) is 17.3 Å². The van der Waals surface area contributed by atoms with Gasteiger partial charge in [0, 0.05) is 11.8 Å². The Morgan fingerprint density at radius 1 is 1.14 bits per heavy atom. The first-order valence-electron chi connectivity index (χ1n) is 6.45. The second kappa shape index (κ2) is 6.74. The van der Waals surface area contributed by atoms with Crippen LogP contribution >= 0.6 is 0 Å². The SMILES string of the molecule is COc1cccc(NC(=O)[C@@H](C)Oc2ccc(F)cc2)c1. The van der Waals surface area contributed by atoms with Gasteiger partial charge in [0.2, 0.25) is 0 Å². The minimum absolute atomic E-state index is 0.299. The number of ether oxygens (including phenoxy) is 2. The molecule has 2 rings (SSSR count). The van der Waals surface area contributed by atoms with Crippen LogP contribution in [0.15, 0.2) is 48.5 Å². The number of methoxy groups -OCH3 is 1. The zero-order valence-corrected chi connectivity index (χ0v) is 11.8. The van der Waals surface area contributed by atoms with E-state index in [1.165, 1.54) is 24.3 Å². The lowest BCUT2D eigenvalue weighted by atomic mass is 10.2. The van der Waals surface area contributed by atoms with Gasteiger partial charge in [0.15, 0.2) is 6.10 Å². The van der Waals surface area contributed by atoms with Crippen LogP contribution in [0.4, 0.5) is 10.1 Å². The molecule has 0 saturated carbocycles. The van der Waals surface area contributed by atoms with Crippen molar-refractivity contribution in [2.24, 2.45) is 0 Å². The van der Waals surface area contributed by atoms with Crippen molar-refractivity contribution < 1.29 is 18.7 Å². The maximum absolute atomic E-state index is 12.8. The molecule has 2 aromatic carbocycles. The van der Waals surface area contributed by atoms with E-state index in [4.69, 9.17) is 9.47 Å². The van der Waals surface area contributed by atoms with Crippen LogP contribution in [0, 0.1) is 5.82 Å². The first-order chi connectivity index (χ1) is 10.1. The summed E-state index contributed by atoms with van der Waals surface area (Å²) in [7, 11) is 1.56. The lowest BCUT2D eigenvalue weighted by molar-refractivity contribution is -0.122. The van der Waals surface area contributed by atoms with Gasteiger partial charge in [0.25, 0.3) is 5.91 Å². The maximum Gasteiger partial charge on any atom is 0.265 e. The Kier molecular flexibility index (Phi) is 4.77. The van der Waals surface area contributed by atoms with Crippen LogP contribution in [0.5, 0.6) is 11.5 Å². The number of amides is 1. The second-order valence-corrected chi connectivity index (χ2v) is 4.44. The number of anilines is 1. The van der Waals surface area contributed by atoms with Crippen LogP contribution in [0.3, 0.4) is 0 Å². The number of hydrogen-bond acceptors (Lipinski definition) is 3. The molecular weight excluding hydrogens is 273 g/mol. The minimum Gasteiger partial charge on any atom is -0.497 e. The molecule has 0 heterocycles. The Morgan fingerprint density at radius 3 is 2.52 bits per heavy atom. The molecule has 0 aliphatic carbocycles. The van der Waals surface area contributed by atoms with Crippen molar-refractivity contribution in [1.82, 2.24) is 0 Å². The fourth-order valence-electron chi connectivity index (χ4n) is 1.72. The molecule has 0 aliphatic heterocycles. The summed E-state index contributed by atoms with van der Waals surface area (Å²) in [5, 5.41) is 2.73. The van der Waals surface area contributed by atoms with E-state index in [0.717, 1.165) is 0 Å². The zero-order chi connectivity index (χ0) is 15.2. The highest BCUT2D eigenvalue weighted by Crippen LogP contribution is 2.18. The number of benzene rings is 2. The van der Waals surface area contributed by atoms with E-state index < -0.39 is 6.10 Å². The number of hydrogen-bond donors (Lipinski definition) is 1. The molecule has 0 spiro atoms. The van der Waals surface area contributed by atoms with E-state index in [0.29, 0.717) is 17.2 Å². The van der Waals surface area contributed by atoms with E-state index >= 15 is 0 Å². The number of carbonyl (C=O) groups excluding carboxylic acids is 1. The van der Waals surface area contributed by atoms with E-state index in [2.05, 4.69) is 5.32 Å². The topological polar surface area (TPSA) is 47.6 Å². The molecule has 1 amide bonds. The van der Waals surface area contributed by atoms with Crippen molar-refractivity contribution in [3.05, 3.63) is 54.3 Å². The maximum atomic E-state index is 12.8. The largest absolute Gasteiger partial charge is 0.497 e. The molecule has 0 fully saturated rings. The molecule has 1 atom stereocenters. The molecule has 0 saturated heterocycles. The molecule has 0 bridgehead atoms. The van der Waals surface area contributed by atoms with Crippen molar-refractivity contribution in [3.8, 4) is 11.5 Å². The normalized spacial score (nSPS) is 11.6. The highest BCUT2D eigenvalue weighted by Gasteiger charge is 2.15. The molecule has 0 radical (unpaired) electrons. The highest BCUT2D eigenvalue weighted by molar-refractivity contribution is 5.94. The Morgan fingerprint density at radius 2 is 1.86 bits per heavy atom. The van der Waals surface area contributed by atoms with Gasteiger partial charge in [-0.1, -0.05) is 6.07 Å². The first kappa shape index (κ1) is 14.8. The summed E-state index contributed by atoms with van der Waals surface area (Å²) in [4.78, 5) is 12.0. The summed E-state index contributed by atoms with van der Waals surface area (Å²) in [6.07, 6.45) is -0.707.